The van der Waals surface area contributed by atoms with E-state index in [0.717, 1.165) is 21.4 Å². The van der Waals surface area contributed by atoms with Gasteiger partial charge in [-0.05, 0) is 54.6 Å². The fraction of sp³-hybridized carbons (Fsp3) is 0.333. The van der Waals surface area contributed by atoms with Crippen molar-refractivity contribution in [2.45, 2.75) is 18.2 Å². The van der Waals surface area contributed by atoms with Crippen LogP contribution in [0.15, 0.2) is 24.3 Å². The number of nitrogens with one attached hydrogen (secondary N) is 1. The lowest BCUT2D eigenvalue weighted by Crippen LogP contribution is -2.16. The molecule has 0 fully saturated rings. The zero-order chi connectivity index (χ0) is 14.1. The first-order valence-electron chi connectivity index (χ1n) is 6.50. The van der Waals surface area contributed by atoms with Crippen LogP contribution in [0.3, 0.4) is 0 Å². The topological polar surface area (TPSA) is 12.0 Å². The van der Waals surface area contributed by atoms with E-state index in [4.69, 9.17) is 23.2 Å². The molecular weight excluding hydrogens is 329 g/mol. The van der Waals surface area contributed by atoms with E-state index < -0.39 is 0 Å². The van der Waals surface area contributed by atoms with Crippen molar-refractivity contribution in [3.63, 3.8) is 0 Å². The van der Waals surface area contributed by atoms with Crippen molar-refractivity contribution >= 4 is 46.3 Å². The molecule has 0 spiro atoms. The Bertz CT molecular complexity index is 601. The summed E-state index contributed by atoms with van der Waals surface area (Å²) >= 11 is 16.4. The van der Waals surface area contributed by atoms with E-state index in [0.29, 0.717) is 0 Å². The molecule has 3 rings (SSSR count). The van der Waals surface area contributed by atoms with E-state index >= 15 is 0 Å². The molecule has 1 unspecified atom stereocenters. The summed E-state index contributed by atoms with van der Waals surface area (Å²) < 4.78 is 0. The molecule has 106 valence electrons. The third-order valence-electron chi connectivity index (χ3n) is 3.49. The second-order valence-corrected chi connectivity index (χ2v) is 7.90. The molecule has 1 nitrogen and oxygen atoms in total. The molecule has 0 bridgehead atoms. The minimum atomic E-state index is 0.113. The maximum atomic E-state index is 6.35. The number of fused-ring (bicyclic) bond motifs is 1. The van der Waals surface area contributed by atoms with Crippen molar-refractivity contribution in [2.75, 3.05) is 12.8 Å². The third-order valence-corrected chi connectivity index (χ3v) is 6.38. The number of benzene rings is 1. The quantitative estimate of drug-likeness (QED) is 0.826. The number of thiophene rings is 1. The van der Waals surface area contributed by atoms with Gasteiger partial charge in [0.25, 0.3) is 0 Å². The highest BCUT2D eigenvalue weighted by Gasteiger charge is 2.21. The van der Waals surface area contributed by atoms with Gasteiger partial charge in [-0.15, -0.1) is 11.3 Å². The summed E-state index contributed by atoms with van der Waals surface area (Å²) in [5, 5.41) is 4.85. The van der Waals surface area contributed by atoms with Gasteiger partial charge in [-0.1, -0.05) is 23.2 Å². The second-order valence-electron chi connectivity index (χ2n) is 4.79. The highest BCUT2D eigenvalue weighted by Crippen LogP contribution is 2.38. The average molecular weight is 344 g/mol. The molecular formula is C15H15Cl2NS2. The van der Waals surface area contributed by atoms with Crippen LogP contribution in [0.1, 0.15) is 26.9 Å². The van der Waals surface area contributed by atoms with Crippen LogP contribution in [-0.2, 0) is 12.2 Å². The summed E-state index contributed by atoms with van der Waals surface area (Å²) in [6.07, 6.45) is 1.18. The van der Waals surface area contributed by atoms with E-state index in [1.807, 2.05) is 48.3 Å². The van der Waals surface area contributed by atoms with Gasteiger partial charge in [0, 0.05) is 25.6 Å². The Morgan fingerprint density at radius 1 is 1.25 bits per heavy atom. The van der Waals surface area contributed by atoms with E-state index in [1.54, 1.807) is 0 Å². The summed E-state index contributed by atoms with van der Waals surface area (Å²) in [6.45, 7) is 0. The molecule has 1 aliphatic rings. The number of hydrogen-bond donors (Lipinski definition) is 1. The lowest BCUT2D eigenvalue weighted by atomic mass is 10.0. The SMILES string of the molecule is CNC(c1cc2c(s1)CCSC2)c1cc(Cl)ccc1Cl. The number of rotatable bonds is 3. The van der Waals surface area contributed by atoms with Crippen molar-refractivity contribution in [3.8, 4) is 0 Å². The molecule has 1 N–H and O–H groups in total. The maximum absolute atomic E-state index is 6.35. The molecule has 20 heavy (non-hydrogen) atoms. The van der Waals surface area contributed by atoms with Crippen LogP contribution in [0, 0.1) is 0 Å². The molecule has 5 heteroatoms. The Kier molecular flexibility index (Phi) is 4.63. The zero-order valence-electron chi connectivity index (χ0n) is 11.1. The van der Waals surface area contributed by atoms with E-state index in [9.17, 15) is 0 Å². The second kappa shape index (κ2) is 6.29. The van der Waals surface area contributed by atoms with Crippen molar-refractivity contribution in [1.29, 1.82) is 0 Å². The summed E-state index contributed by atoms with van der Waals surface area (Å²) in [5.41, 5.74) is 2.53. The minimum absolute atomic E-state index is 0.113. The predicted octanol–water partition coefficient (Wildman–Crippen LogP) is 5.15. The van der Waals surface area contributed by atoms with Gasteiger partial charge in [0.1, 0.15) is 0 Å². The average Bonchev–Trinajstić information content (AvgIpc) is 2.87. The first-order valence-corrected chi connectivity index (χ1v) is 9.23. The van der Waals surface area contributed by atoms with Gasteiger partial charge in [-0.25, -0.2) is 0 Å². The molecule has 2 aromatic rings. The van der Waals surface area contributed by atoms with Crippen LogP contribution in [0.5, 0.6) is 0 Å². The highest BCUT2D eigenvalue weighted by atomic mass is 35.5. The van der Waals surface area contributed by atoms with Crippen LogP contribution in [0.4, 0.5) is 0 Å². The Hall–Kier alpha value is -0.190. The maximum Gasteiger partial charge on any atom is 0.0683 e. The monoisotopic (exact) mass is 343 g/mol. The first kappa shape index (κ1) is 14.7. The molecule has 0 amide bonds. The van der Waals surface area contributed by atoms with Crippen molar-refractivity contribution in [2.24, 2.45) is 0 Å². The summed E-state index contributed by atoms with van der Waals surface area (Å²) in [4.78, 5) is 2.85. The van der Waals surface area contributed by atoms with Gasteiger partial charge in [0.05, 0.1) is 6.04 Å². The van der Waals surface area contributed by atoms with E-state index in [1.165, 1.54) is 27.5 Å². The Balaban J connectivity index is 2.01. The lowest BCUT2D eigenvalue weighted by Gasteiger charge is -2.17. The molecule has 1 atom stereocenters. The minimum Gasteiger partial charge on any atom is -0.309 e. The van der Waals surface area contributed by atoms with Crippen LogP contribution in [0.2, 0.25) is 10.0 Å². The molecule has 0 saturated carbocycles. The fourth-order valence-electron chi connectivity index (χ4n) is 2.50. The van der Waals surface area contributed by atoms with Gasteiger partial charge in [-0.2, -0.15) is 11.8 Å². The number of halogens is 2. The van der Waals surface area contributed by atoms with Crippen molar-refractivity contribution in [1.82, 2.24) is 5.32 Å². The Morgan fingerprint density at radius 3 is 2.85 bits per heavy atom. The van der Waals surface area contributed by atoms with Crippen molar-refractivity contribution < 1.29 is 0 Å². The largest absolute Gasteiger partial charge is 0.309 e. The summed E-state index contributed by atoms with van der Waals surface area (Å²) in [5.74, 6) is 2.36. The number of aryl methyl sites for hydroxylation is 1. The molecule has 1 aromatic carbocycles. The third kappa shape index (κ3) is 2.88. The first-order chi connectivity index (χ1) is 9.69. The molecule has 1 aromatic heterocycles. The molecule has 2 heterocycles. The Labute approximate surface area is 137 Å². The standard InChI is InChI=1S/C15H15Cl2NS2/c1-18-15(11-7-10(16)2-3-12(11)17)14-6-9-8-19-5-4-13(9)20-14/h2-3,6-7,15,18H,4-5,8H2,1H3. The van der Waals surface area contributed by atoms with Crippen LogP contribution in [0.25, 0.3) is 0 Å². The van der Waals surface area contributed by atoms with Gasteiger partial charge in [0.15, 0.2) is 0 Å². The van der Waals surface area contributed by atoms with Gasteiger partial charge >= 0.3 is 0 Å². The van der Waals surface area contributed by atoms with Crippen LogP contribution < -0.4 is 5.32 Å². The molecule has 1 aliphatic heterocycles. The predicted molar refractivity (Wildman–Crippen MR) is 91.5 cm³/mol. The normalized spacial score (nSPS) is 15.9. The number of hydrogen-bond acceptors (Lipinski definition) is 3. The lowest BCUT2D eigenvalue weighted by molar-refractivity contribution is 0.704. The smallest absolute Gasteiger partial charge is 0.0683 e. The van der Waals surface area contributed by atoms with Crippen molar-refractivity contribution in [3.05, 3.63) is 55.2 Å². The molecule has 0 aliphatic carbocycles. The number of thioether (sulfide) groups is 1. The summed E-state index contributed by atoms with van der Waals surface area (Å²) in [7, 11) is 1.97. The Morgan fingerprint density at radius 2 is 2.10 bits per heavy atom. The van der Waals surface area contributed by atoms with Gasteiger partial charge in [-0.3, -0.25) is 0 Å². The van der Waals surface area contributed by atoms with E-state index in [2.05, 4.69) is 11.4 Å². The molecule has 0 radical (unpaired) electrons. The summed E-state index contributed by atoms with van der Waals surface area (Å²) in [6, 6.07) is 8.09. The van der Waals surface area contributed by atoms with Gasteiger partial charge < -0.3 is 5.32 Å². The highest BCUT2D eigenvalue weighted by molar-refractivity contribution is 7.98. The zero-order valence-corrected chi connectivity index (χ0v) is 14.2. The van der Waals surface area contributed by atoms with Crippen LogP contribution in [-0.4, -0.2) is 12.8 Å². The van der Waals surface area contributed by atoms with E-state index in [-0.39, 0.29) is 6.04 Å². The van der Waals surface area contributed by atoms with Crippen LogP contribution >= 0.6 is 46.3 Å². The fourth-order valence-corrected chi connectivity index (χ4v) is 5.41. The van der Waals surface area contributed by atoms with Gasteiger partial charge in [0.2, 0.25) is 0 Å². The molecule has 0 saturated heterocycles.